The first-order chi connectivity index (χ1) is 8.81. The smallest absolute Gasteiger partial charge is 0.135 e. The van der Waals surface area contributed by atoms with Crippen molar-refractivity contribution in [1.29, 1.82) is 0 Å². The molecule has 0 aromatic carbocycles. The molecule has 0 amide bonds. The highest BCUT2D eigenvalue weighted by atomic mass is 16.1. The molecule has 1 aromatic rings. The first-order valence-electron chi connectivity index (χ1n) is 7.24. The van der Waals surface area contributed by atoms with E-state index < -0.39 is 0 Å². The Kier molecular flexibility index (Phi) is 4.91. The molecule has 0 atom stereocenters. The van der Waals surface area contributed by atoms with Crippen LogP contribution in [0.3, 0.4) is 0 Å². The molecule has 1 heterocycles. The molecule has 18 heavy (non-hydrogen) atoms. The molecule has 0 unspecified atom stereocenters. The lowest BCUT2D eigenvalue weighted by Crippen LogP contribution is -2.21. The van der Waals surface area contributed by atoms with E-state index in [1.807, 2.05) is 18.5 Å². The molecule has 0 spiro atoms. The second-order valence-corrected chi connectivity index (χ2v) is 5.40. The summed E-state index contributed by atoms with van der Waals surface area (Å²) in [6, 6.07) is 4.17. The molecule has 1 aromatic heterocycles. The largest absolute Gasteiger partial charge is 0.299 e. The number of hydrogen-bond acceptors (Lipinski definition) is 2. The Morgan fingerprint density at radius 2 is 2.11 bits per heavy atom. The fraction of sp³-hybridized carbons (Fsp3) is 0.625. The molecule has 1 aliphatic rings. The quantitative estimate of drug-likeness (QED) is 0.781. The van der Waals surface area contributed by atoms with Crippen LogP contribution < -0.4 is 0 Å². The number of nitrogens with zero attached hydrogens (tertiary/aromatic N) is 1. The highest BCUT2D eigenvalue weighted by Gasteiger charge is 2.26. The third-order valence-electron chi connectivity index (χ3n) is 4.12. The van der Waals surface area contributed by atoms with Crippen molar-refractivity contribution in [3.63, 3.8) is 0 Å². The van der Waals surface area contributed by atoms with Crippen molar-refractivity contribution < 1.29 is 4.79 Å². The lowest BCUT2D eigenvalue weighted by atomic mass is 9.77. The zero-order valence-corrected chi connectivity index (χ0v) is 11.3. The van der Waals surface area contributed by atoms with Crippen LogP contribution >= 0.6 is 0 Å². The molecule has 0 radical (unpaired) electrons. The predicted octanol–water partition coefficient (Wildman–Crippen LogP) is 4.11. The highest BCUT2D eigenvalue weighted by Crippen LogP contribution is 2.36. The van der Waals surface area contributed by atoms with Gasteiger partial charge in [-0.25, -0.2) is 0 Å². The summed E-state index contributed by atoms with van der Waals surface area (Å²) >= 11 is 0. The fourth-order valence-corrected chi connectivity index (χ4v) is 2.92. The molecule has 0 bridgehead atoms. The molecule has 0 N–H and O–H groups in total. The average molecular weight is 245 g/mol. The fourth-order valence-electron chi connectivity index (χ4n) is 2.92. The second kappa shape index (κ2) is 6.67. The van der Waals surface area contributed by atoms with E-state index in [1.54, 1.807) is 0 Å². The van der Waals surface area contributed by atoms with Crippen molar-refractivity contribution in [1.82, 2.24) is 4.98 Å². The number of rotatable bonds is 5. The summed E-state index contributed by atoms with van der Waals surface area (Å²) in [6.07, 6.45) is 11.2. The van der Waals surface area contributed by atoms with Crippen LogP contribution in [0.2, 0.25) is 0 Å². The minimum atomic E-state index is 0.337. The van der Waals surface area contributed by atoms with Crippen molar-refractivity contribution in [3.05, 3.63) is 30.1 Å². The highest BCUT2D eigenvalue weighted by molar-refractivity contribution is 5.81. The third-order valence-corrected chi connectivity index (χ3v) is 4.12. The van der Waals surface area contributed by atoms with Crippen molar-refractivity contribution in [2.24, 2.45) is 5.92 Å². The topological polar surface area (TPSA) is 30.0 Å². The van der Waals surface area contributed by atoms with Crippen LogP contribution in [-0.2, 0) is 4.79 Å². The number of Topliss-reactive ketones (excluding diaryl/α,β-unsaturated/α-hetero) is 1. The van der Waals surface area contributed by atoms with E-state index in [-0.39, 0.29) is 0 Å². The molecule has 2 heteroatoms. The maximum atomic E-state index is 12.0. The zero-order chi connectivity index (χ0) is 12.8. The molecule has 1 fully saturated rings. The number of hydrogen-bond donors (Lipinski definition) is 0. The molecule has 1 saturated carbocycles. The summed E-state index contributed by atoms with van der Waals surface area (Å²) < 4.78 is 0. The maximum Gasteiger partial charge on any atom is 0.135 e. The van der Waals surface area contributed by atoms with Gasteiger partial charge in [-0.05, 0) is 49.7 Å². The van der Waals surface area contributed by atoms with Gasteiger partial charge in [-0.1, -0.05) is 19.4 Å². The van der Waals surface area contributed by atoms with Crippen LogP contribution in [0.15, 0.2) is 24.5 Å². The van der Waals surface area contributed by atoms with Gasteiger partial charge in [-0.15, -0.1) is 0 Å². The van der Waals surface area contributed by atoms with E-state index in [1.165, 1.54) is 5.56 Å². The molecule has 0 saturated heterocycles. The Morgan fingerprint density at radius 1 is 1.33 bits per heavy atom. The van der Waals surface area contributed by atoms with E-state index >= 15 is 0 Å². The van der Waals surface area contributed by atoms with Crippen LogP contribution in [0.25, 0.3) is 0 Å². The van der Waals surface area contributed by atoms with Crippen LogP contribution in [0.4, 0.5) is 0 Å². The number of unbranched alkanes of at least 4 members (excludes halogenated alkanes) is 1. The summed E-state index contributed by atoms with van der Waals surface area (Å²) in [6.45, 7) is 2.15. The third kappa shape index (κ3) is 3.41. The van der Waals surface area contributed by atoms with Crippen LogP contribution in [-0.4, -0.2) is 10.8 Å². The first kappa shape index (κ1) is 13.3. The van der Waals surface area contributed by atoms with E-state index in [9.17, 15) is 4.79 Å². The Morgan fingerprint density at radius 3 is 2.72 bits per heavy atom. The standard InChI is InChI=1S/C16H23NO/c1-2-3-6-16(18)14-9-7-13(8-10-14)15-5-4-11-17-12-15/h4-5,11-14H,2-3,6-10H2,1H3/t13-,14-. The van der Waals surface area contributed by atoms with Crippen molar-refractivity contribution in [3.8, 4) is 0 Å². The average Bonchev–Trinajstić information content (AvgIpc) is 2.46. The monoisotopic (exact) mass is 245 g/mol. The van der Waals surface area contributed by atoms with Gasteiger partial charge in [0.2, 0.25) is 0 Å². The van der Waals surface area contributed by atoms with Crippen LogP contribution in [0.5, 0.6) is 0 Å². The predicted molar refractivity (Wildman–Crippen MR) is 73.5 cm³/mol. The van der Waals surface area contributed by atoms with Gasteiger partial charge < -0.3 is 0 Å². The summed E-state index contributed by atoms with van der Waals surface area (Å²) in [5, 5.41) is 0. The van der Waals surface area contributed by atoms with Gasteiger partial charge in [0.1, 0.15) is 5.78 Å². The van der Waals surface area contributed by atoms with E-state index in [2.05, 4.69) is 18.0 Å². The van der Waals surface area contributed by atoms with Crippen molar-refractivity contribution in [2.75, 3.05) is 0 Å². The number of carbonyl (C=O) groups is 1. The Balaban J connectivity index is 1.83. The minimum absolute atomic E-state index is 0.337. The van der Waals surface area contributed by atoms with Gasteiger partial charge >= 0.3 is 0 Å². The number of aromatic nitrogens is 1. The summed E-state index contributed by atoms with van der Waals surface area (Å²) in [4.78, 5) is 16.2. The van der Waals surface area contributed by atoms with E-state index in [0.29, 0.717) is 17.6 Å². The molecular formula is C16H23NO. The summed E-state index contributed by atoms with van der Waals surface area (Å²) in [7, 11) is 0. The molecule has 1 aliphatic carbocycles. The van der Waals surface area contributed by atoms with Gasteiger partial charge in [-0.3, -0.25) is 9.78 Å². The second-order valence-electron chi connectivity index (χ2n) is 5.40. The summed E-state index contributed by atoms with van der Waals surface area (Å²) in [5.41, 5.74) is 1.34. The van der Waals surface area contributed by atoms with Gasteiger partial charge in [0.25, 0.3) is 0 Å². The van der Waals surface area contributed by atoms with Crippen molar-refractivity contribution >= 4 is 5.78 Å². The SMILES string of the molecule is CCCCC(=O)[C@H]1CC[C@H](c2cccnc2)CC1. The molecule has 2 rings (SSSR count). The lowest BCUT2D eigenvalue weighted by molar-refractivity contribution is -0.124. The van der Waals surface area contributed by atoms with Gasteiger partial charge in [0.15, 0.2) is 0 Å². The molecular weight excluding hydrogens is 222 g/mol. The maximum absolute atomic E-state index is 12.0. The molecule has 98 valence electrons. The lowest BCUT2D eigenvalue weighted by Gasteiger charge is -2.27. The number of carbonyl (C=O) groups excluding carboxylic acids is 1. The number of ketones is 1. The van der Waals surface area contributed by atoms with Gasteiger partial charge in [-0.2, -0.15) is 0 Å². The van der Waals surface area contributed by atoms with Crippen LogP contribution in [0, 0.1) is 5.92 Å². The van der Waals surface area contributed by atoms with Crippen molar-refractivity contribution in [2.45, 2.75) is 57.8 Å². The summed E-state index contributed by atoms with van der Waals surface area (Å²) in [5.74, 6) is 1.46. The van der Waals surface area contributed by atoms with Crippen LogP contribution in [0.1, 0.15) is 63.4 Å². The zero-order valence-electron chi connectivity index (χ0n) is 11.3. The minimum Gasteiger partial charge on any atom is -0.299 e. The van der Waals surface area contributed by atoms with E-state index in [4.69, 9.17) is 0 Å². The molecule has 0 aliphatic heterocycles. The van der Waals surface area contributed by atoms with Gasteiger partial charge in [0.05, 0.1) is 0 Å². The molecule has 2 nitrogen and oxygen atoms in total. The normalized spacial score (nSPS) is 23.8. The van der Waals surface area contributed by atoms with E-state index in [0.717, 1.165) is 44.9 Å². The Labute approximate surface area is 110 Å². The first-order valence-corrected chi connectivity index (χ1v) is 7.24. The van der Waals surface area contributed by atoms with Gasteiger partial charge in [0, 0.05) is 24.7 Å². The number of pyridine rings is 1. The Hall–Kier alpha value is -1.18. The Bertz CT molecular complexity index is 366.